The SMILES string of the molecule is CC1c2cc(F)ccc2OCCOc2nn(C)c(C#N)c2-c2cnc3[nH]cc1c3c2. The minimum absolute atomic E-state index is 0.146. The molecule has 0 radical (unpaired) electrons. The van der Waals surface area contributed by atoms with Gasteiger partial charge in [-0.3, -0.25) is 4.68 Å². The van der Waals surface area contributed by atoms with Crippen LogP contribution >= 0.6 is 0 Å². The standard InChI is InChI=1S/C22H18FN5O2/c1-12-15-8-14(23)3-4-19(15)29-5-6-30-22-20(18(9-24)28(2)27-22)13-7-16-17(12)11-26-21(16)25-10-13/h3-4,7-8,10-12H,5-6H2,1-2H3,(H,25,26). The van der Waals surface area contributed by atoms with Gasteiger partial charge in [0.15, 0.2) is 0 Å². The number of fused-ring (bicyclic) bond motifs is 4. The topological polar surface area (TPSA) is 88.8 Å². The number of hydrogen-bond acceptors (Lipinski definition) is 5. The molecule has 0 fully saturated rings. The molecule has 0 saturated carbocycles. The predicted octanol–water partition coefficient (Wildman–Crippen LogP) is 3.90. The smallest absolute Gasteiger partial charge is 0.242 e. The average molecular weight is 403 g/mol. The van der Waals surface area contributed by atoms with Crippen molar-refractivity contribution in [3.05, 3.63) is 59.3 Å². The van der Waals surface area contributed by atoms with Crippen molar-refractivity contribution in [3.63, 3.8) is 0 Å². The van der Waals surface area contributed by atoms with Crippen LogP contribution < -0.4 is 9.47 Å². The second-order valence-electron chi connectivity index (χ2n) is 7.23. The molecule has 3 aromatic heterocycles. The lowest BCUT2D eigenvalue weighted by atomic mass is 9.91. The van der Waals surface area contributed by atoms with Crippen molar-refractivity contribution >= 4 is 11.0 Å². The molecule has 1 aliphatic heterocycles. The number of nitrogens with zero attached hydrogens (tertiary/aromatic N) is 4. The molecule has 0 saturated heterocycles. The number of halogens is 1. The van der Waals surface area contributed by atoms with Crippen LogP contribution in [0.1, 0.15) is 29.7 Å². The number of aryl methyl sites for hydroxylation is 1. The number of nitriles is 1. The van der Waals surface area contributed by atoms with Gasteiger partial charge >= 0.3 is 0 Å². The number of aromatic nitrogens is 4. The van der Waals surface area contributed by atoms with Gasteiger partial charge in [0.1, 0.15) is 42.2 Å². The summed E-state index contributed by atoms with van der Waals surface area (Å²) in [7, 11) is 1.70. The Kier molecular flexibility index (Phi) is 4.17. The molecule has 1 aromatic carbocycles. The summed E-state index contributed by atoms with van der Waals surface area (Å²) in [6.45, 7) is 2.48. The zero-order valence-corrected chi connectivity index (χ0v) is 16.4. The molecular formula is C22H18FN5O2. The van der Waals surface area contributed by atoms with E-state index in [4.69, 9.17) is 9.47 Å². The number of rotatable bonds is 0. The Morgan fingerprint density at radius 1 is 1.23 bits per heavy atom. The van der Waals surface area contributed by atoms with E-state index in [1.807, 2.05) is 19.2 Å². The molecule has 5 rings (SSSR count). The van der Waals surface area contributed by atoms with Crippen LogP contribution in [0.3, 0.4) is 0 Å². The third-order valence-corrected chi connectivity index (χ3v) is 5.46. The van der Waals surface area contributed by atoms with Crippen molar-refractivity contribution in [1.82, 2.24) is 19.7 Å². The van der Waals surface area contributed by atoms with E-state index < -0.39 is 0 Å². The summed E-state index contributed by atoms with van der Waals surface area (Å²) in [4.78, 5) is 7.72. The summed E-state index contributed by atoms with van der Waals surface area (Å²) in [6.07, 6.45) is 3.58. The lowest BCUT2D eigenvalue weighted by molar-refractivity contribution is 0.210. The first-order valence-electron chi connectivity index (χ1n) is 9.56. The molecule has 0 amide bonds. The van der Waals surface area contributed by atoms with Crippen molar-refractivity contribution in [2.75, 3.05) is 13.2 Å². The second kappa shape index (κ2) is 6.88. The number of H-pyrrole nitrogens is 1. The summed E-state index contributed by atoms with van der Waals surface area (Å²) >= 11 is 0. The summed E-state index contributed by atoms with van der Waals surface area (Å²) in [5, 5.41) is 14.9. The lowest BCUT2D eigenvalue weighted by Gasteiger charge is -2.17. The second-order valence-corrected chi connectivity index (χ2v) is 7.23. The number of benzene rings is 1. The van der Waals surface area contributed by atoms with Gasteiger partial charge in [-0.1, -0.05) is 6.92 Å². The van der Waals surface area contributed by atoms with E-state index in [0.29, 0.717) is 28.5 Å². The molecule has 1 unspecified atom stereocenters. The maximum Gasteiger partial charge on any atom is 0.242 e. The normalized spacial score (nSPS) is 15.7. The van der Waals surface area contributed by atoms with E-state index in [0.717, 1.165) is 22.1 Å². The Bertz CT molecular complexity index is 1320. The third-order valence-electron chi connectivity index (χ3n) is 5.46. The Labute approximate surface area is 171 Å². The van der Waals surface area contributed by atoms with Crippen LogP contribution in [0.15, 0.2) is 36.7 Å². The highest BCUT2D eigenvalue weighted by Crippen LogP contribution is 2.39. The van der Waals surface area contributed by atoms with Crippen molar-refractivity contribution in [1.29, 1.82) is 5.26 Å². The minimum atomic E-state index is -0.320. The molecule has 2 bridgehead atoms. The Morgan fingerprint density at radius 3 is 2.90 bits per heavy atom. The van der Waals surface area contributed by atoms with Gasteiger partial charge in [-0.2, -0.15) is 5.26 Å². The number of hydrogen-bond donors (Lipinski definition) is 1. The molecule has 150 valence electrons. The highest BCUT2D eigenvalue weighted by Gasteiger charge is 2.24. The van der Waals surface area contributed by atoms with E-state index in [-0.39, 0.29) is 24.9 Å². The first-order chi connectivity index (χ1) is 14.6. The van der Waals surface area contributed by atoms with Crippen LogP contribution in [0.25, 0.3) is 22.2 Å². The van der Waals surface area contributed by atoms with E-state index in [1.54, 1.807) is 19.3 Å². The number of pyridine rings is 1. The first kappa shape index (κ1) is 18.2. The van der Waals surface area contributed by atoms with Crippen molar-refractivity contribution in [2.24, 2.45) is 7.05 Å². The fraction of sp³-hybridized carbons (Fsp3) is 0.227. The third kappa shape index (κ3) is 2.78. The van der Waals surface area contributed by atoms with Crippen LogP contribution in [-0.4, -0.2) is 33.0 Å². The molecule has 1 aliphatic rings. The van der Waals surface area contributed by atoms with Gasteiger partial charge in [0.2, 0.25) is 5.88 Å². The zero-order valence-electron chi connectivity index (χ0n) is 16.4. The van der Waals surface area contributed by atoms with E-state index in [2.05, 4.69) is 21.1 Å². The largest absolute Gasteiger partial charge is 0.490 e. The quantitative estimate of drug-likeness (QED) is 0.481. The van der Waals surface area contributed by atoms with E-state index in [1.165, 1.54) is 16.8 Å². The van der Waals surface area contributed by atoms with Crippen molar-refractivity contribution in [3.8, 4) is 28.8 Å². The molecule has 0 aliphatic carbocycles. The first-order valence-corrected chi connectivity index (χ1v) is 9.56. The summed E-state index contributed by atoms with van der Waals surface area (Å²) in [5.41, 5.74) is 4.12. The number of nitrogens with one attached hydrogen (secondary N) is 1. The van der Waals surface area contributed by atoms with Gasteiger partial charge in [0, 0.05) is 41.9 Å². The Hall–Kier alpha value is -3.86. The molecule has 1 atom stereocenters. The van der Waals surface area contributed by atoms with Crippen LogP contribution in [0.2, 0.25) is 0 Å². The van der Waals surface area contributed by atoms with Crippen molar-refractivity contribution in [2.45, 2.75) is 12.8 Å². The molecule has 4 heterocycles. The van der Waals surface area contributed by atoms with Gasteiger partial charge in [0.25, 0.3) is 0 Å². The molecule has 4 aromatic rings. The molecule has 30 heavy (non-hydrogen) atoms. The van der Waals surface area contributed by atoms with Gasteiger partial charge in [-0.15, -0.1) is 5.10 Å². The minimum Gasteiger partial charge on any atom is -0.490 e. The van der Waals surface area contributed by atoms with Gasteiger partial charge in [-0.05, 0) is 29.8 Å². The average Bonchev–Trinajstić information content (AvgIpc) is 3.30. The predicted molar refractivity (Wildman–Crippen MR) is 108 cm³/mol. The highest BCUT2D eigenvalue weighted by atomic mass is 19.1. The van der Waals surface area contributed by atoms with Crippen LogP contribution in [0, 0.1) is 17.1 Å². The summed E-state index contributed by atoms with van der Waals surface area (Å²) in [6, 6.07) is 8.69. The fourth-order valence-electron chi connectivity index (χ4n) is 3.95. The van der Waals surface area contributed by atoms with Gasteiger partial charge in [0.05, 0.1) is 5.56 Å². The van der Waals surface area contributed by atoms with E-state index in [9.17, 15) is 9.65 Å². The molecular weight excluding hydrogens is 385 g/mol. The van der Waals surface area contributed by atoms with Crippen LogP contribution in [0.5, 0.6) is 11.6 Å². The van der Waals surface area contributed by atoms with Crippen molar-refractivity contribution < 1.29 is 13.9 Å². The zero-order chi connectivity index (χ0) is 20.8. The molecule has 0 spiro atoms. The Morgan fingerprint density at radius 2 is 2.07 bits per heavy atom. The lowest BCUT2D eigenvalue weighted by Crippen LogP contribution is -2.11. The summed E-state index contributed by atoms with van der Waals surface area (Å²) in [5.74, 6) is 0.484. The molecule has 8 heteroatoms. The van der Waals surface area contributed by atoms with Gasteiger partial charge in [-0.25, -0.2) is 9.37 Å². The maximum absolute atomic E-state index is 14.0. The summed E-state index contributed by atoms with van der Waals surface area (Å²) < 4.78 is 27.3. The Balaban J connectivity index is 1.77. The maximum atomic E-state index is 14.0. The fourth-order valence-corrected chi connectivity index (χ4v) is 3.95. The molecule has 1 N–H and O–H groups in total. The monoisotopic (exact) mass is 403 g/mol. The van der Waals surface area contributed by atoms with Crippen LogP contribution in [0.4, 0.5) is 4.39 Å². The molecule has 7 nitrogen and oxygen atoms in total. The highest BCUT2D eigenvalue weighted by molar-refractivity contribution is 5.87. The number of ether oxygens (including phenoxy) is 2. The number of aromatic amines is 1. The van der Waals surface area contributed by atoms with Gasteiger partial charge < -0.3 is 14.5 Å². The van der Waals surface area contributed by atoms with E-state index >= 15 is 0 Å². The van der Waals surface area contributed by atoms with Crippen LogP contribution in [-0.2, 0) is 7.05 Å².